The molecule has 5 heteroatoms. The lowest BCUT2D eigenvalue weighted by molar-refractivity contribution is 0.302. The summed E-state index contributed by atoms with van der Waals surface area (Å²) < 4.78 is 0. The highest BCUT2D eigenvalue weighted by Gasteiger charge is 2.03. The molecule has 0 bridgehead atoms. The lowest BCUT2D eigenvalue weighted by Gasteiger charge is -2.16. The first kappa shape index (κ1) is 22.2. The largest absolute Gasteiger partial charge is 0.370 e. The monoisotopic (exact) mass is 432 g/mol. The fraction of sp³-hybridized carbons (Fsp3) is 0.611. The molecule has 3 N–H and O–H groups in total. The number of nitrogens with one attached hydrogen (secondary N) is 1. The van der Waals surface area contributed by atoms with E-state index in [4.69, 9.17) is 5.73 Å². The smallest absolute Gasteiger partial charge is 0.193 e. The Kier molecular flexibility index (Phi) is 12.1. The van der Waals surface area contributed by atoms with Gasteiger partial charge < -0.3 is 16.0 Å². The van der Waals surface area contributed by atoms with Crippen molar-refractivity contribution in [2.45, 2.75) is 46.5 Å². The van der Waals surface area contributed by atoms with E-state index in [1.54, 1.807) is 0 Å². The van der Waals surface area contributed by atoms with E-state index >= 15 is 0 Å². The van der Waals surface area contributed by atoms with E-state index in [1.165, 1.54) is 5.56 Å². The van der Waals surface area contributed by atoms with Crippen molar-refractivity contribution in [1.29, 1.82) is 0 Å². The average Bonchev–Trinajstić information content (AvgIpc) is 2.55. The molecule has 0 aliphatic carbocycles. The van der Waals surface area contributed by atoms with Gasteiger partial charge in [0.2, 0.25) is 0 Å². The molecule has 23 heavy (non-hydrogen) atoms. The number of rotatable bonds is 9. The van der Waals surface area contributed by atoms with Crippen LogP contribution < -0.4 is 11.1 Å². The summed E-state index contributed by atoms with van der Waals surface area (Å²) in [7, 11) is 0. The lowest BCUT2D eigenvalue weighted by Crippen LogP contribution is -2.26. The van der Waals surface area contributed by atoms with Gasteiger partial charge in [-0.25, -0.2) is 0 Å². The third kappa shape index (κ3) is 8.55. The normalized spacial score (nSPS) is 12.8. The van der Waals surface area contributed by atoms with Gasteiger partial charge in [0.1, 0.15) is 0 Å². The zero-order valence-electron chi connectivity index (χ0n) is 15.0. The third-order valence-electron chi connectivity index (χ3n) is 4.17. The Balaban J connectivity index is 0.00000484. The van der Waals surface area contributed by atoms with Crippen molar-refractivity contribution in [2.24, 2.45) is 10.7 Å². The van der Waals surface area contributed by atoms with Gasteiger partial charge in [-0.05, 0) is 56.1 Å². The predicted octanol–water partition coefficient (Wildman–Crippen LogP) is 4.28. The molecule has 0 aromatic heterocycles. The van der Waals surface area contributed by atoms with E-state index in [0.717, 1.165) is 44.7 Å². The Morgan fingerprint density at radius 1 is 1.17 bits per heavy atom. The summed E-state index contributed by atoms with van der Waals surface area (Å²) in [4.78, 5) is 6.79. The fourth-order valence-electron chi connectivity index (χ4n) is 2.35. The van der Waals surface area contributed by atoms with E-state index < -0.39 is 0 Å². The maximum Gasteiger partial charge on any atom is 0.193 e. The lowest BCUT2D eigenvalue weighted by atomic mass is 9.99. The molecule has 0 amide bonds. The molecule has 0 saturated carbocycles. The fourth-order valence-corrected chi connectivity index (χ4v) is 2.35. The minimum Gasteiger partial charge on any atom is -0.370 e. The Bertz CT molecular complexity index is 441. The number of benzene rings is 1. The Hall–Kier alpha value is -0.820. The van der Waals surface area contributed by atoms with Crippen molar-refractivity contribution in [3.63, 3.8) is 0 Å². The highest BCUT2D eigenvalue weighted by molar-refractivity contribution is 14.0. The minimum atomic E-state index is 0. The number of halogens is 1. The summed E-state index contributed by atoms with van der Waals surface area (Å²) in [5, 5.41) is 3.16. The van der Waals surface area contributed by atoms with Crippen LogP contribution in [0.1, 0.15) is 52.0 Å². The van der Waals surface area contributed by atoms with Gasteiger partial charge in [-0.3, -0.25) is 4.99 Å². The van der Waals surface area contributed by atoms with Crippen LogP contribution in [0, 0.1) is 0 Å². The van der Waals surface area contributed by atoms with Crippen LogP contribution in [-0.2, 0) is 0 Å². The maximum atomic E-state index is 5.94. The summed E-state index contributed by atoms with van der Waals surface area (Å²) in [6, 6.07) is 8.45. The van der Waals surface area contributed by atoms with Gasteiger partial charge in [0.15, 0.2) is 5.96 Å². The molecule has 1 unspecified atom stereocenters. The van der Waals surface area contributed by atoms with Crippen LogP contribution in [0.2, 0.25) is 0 Å². The number of nitrogens with two attached hydrogens (primary N) is 1. The minimum absolute atomic E-state index is 0. The van der Waals surface area contributed by atoms with Crippen molar-refractivity contribution in [1.82, 2.24) is 4.90 Å². The second-order valence-electron chi connectivity index (χ2n) is 5.70. The first-order valence-electron chi connectivity index (χ1n) is 8.49. The molecule has 1 aromatic carbocycles. The molecule has 0 heterocycles. The van der Waals surface area contributed by atoms with Gasteiger partial charge in [-0.15, -0.1) is 24.0 Å². The highest BCUT2D eigenvalue weighted by atomic mass is 127. The Morgan fingerprint density at radius 3 is 2.30 bits per heavy atom. The van der Waals surface area contributed by atoms with E-state index in [-0.39, 0.29) is 24.0 Å². The van der Waals surface area contributed by atoms with Gasteiger partial charge in [-0.2, -0.15) is 0 Å². The van der Waals surface area contributed by atoms with Gasteiger partial charge in [0.25, 0.3) is 0 Å². The number of aliphatic imine (C=N–C) groups is 1. The van der Waals surface area contributed by atoms with Crippen LogP contribution in [0.4, 0.5) is 5.69 Å². The van der Waals surface area contributed by atoms with Gasteiger partial charge >= 0.3 is 0 Å². The highest BCUT2D eigenvalue weighted by Crippen LogP contribution is 2.20. The molecule has 4 nitrogen and oxygen atoms in total. The Morgan fingerprint density at radius 2 is 1.78 bits per heavy atom. The second-order valence-corrected chi connectivity index (χ2v) is 5.70. The van der Waals surface area contributed by atoms with Crippen molar-refractivity contribution in [2.75, 3.05) is 31.5 Å². The molecule has 1 rings (SSSR count). The van der Waals surface area contributed by atoms with Crippen molar-refractivity contribution in [3.8, 4) is 0 Å². The summed E-state index contributed by atoms with van der Waals surface area (Å²) in [5.74, 6) is 1.09. The van der Waals surface area contributed by atoms with Crippen LogP contribution in [0.3, 0.4) is 0 Å². The summed E-state index contributed by atoms with van der Waals surface area (Å²) in [6.45, 7) is 12.9. The first-order chi connectivity index (χ1) is 10.6. The molecule has 0 aliphatic heterocycles. The predicted molar refractivity (Wildman–Crippen MR) is 113 cm³/mol. The quantitative estimate of drug-likeness (QED) is 0.265. The van der Waals surface area contributed by atoms with Crippen molar-refractivity contribution < 1.29 is 0 Å². The molecule has 0 aliphatic rings. The number of nitrogens with zero attached hydrogens (tertiary/aromatic N) is 2. The number of anilines is 1. The topological polar surface area (TPSA) is 53.6 Å². The number of hydrogen-bond donors (Lipinski definition) is 2. The molecular weight excluding hydrogens is 399 g/mol. The number of hydrogen-bond acceptors (Lipinski definition) is 2. The van der Waals surface area contributed by atoms with Crippen LogP contribution in [0.15, 0.2) is 29.3 Å². The van der Waals surface area contributed by atoms with E-state index in [1.807, 2.05) is 0 Å². The molecule has 1 aromatic rings. The average molecular weight is 432 g/mol. The van der Waals surface area contributed by atoms with Gasteiger partial charge in [0.05, 0.1) is 0 Å². The molecule has 1 atom stereocenters. The third-order valence-corrected chi connectivity index (χ3v) is 4.17. The van der Waals surface area contributed by atoms with Gasteiger partial charge in [-0.1, -0.05) is 39.8 Å². The molecule has 132 valence electrons. The zero-order chi connectivity index (χ0) is 16.4. The first-order valence-corrected chi connectivity index (χ1v) is 8.49. The van der Waals surface area contributed by atoms with Gasteiger partial charge in [0, 0.05) is 12.2 Å². The van der Waals surface area contributed by atoms with Crippen LogP contribution >= 0.6 is 24.0 Å². The summed E-state index contributed by atoms with van der Waals surface area (Å²) in [5.41, 5.74) is 8.30. The molecule has 0 spiro atoms. The molecule has 0 fully saturated rings. The van der Waals surface area contributed by atoms with E-state index in [2.05, 4.69) is 67.2 Å². The maximum absolute atomic E-state index is 5.94. The summed E-state index contributed by atoms with van der Waals surface area (Å²) in [6.07, 6.45) is 2.19. The second kappa shape index (κ2) is 12.6. The number of guanidine groups is 1. The molecule has 0 radical (unpaired) electrons. The van der Waals surface area contributed by atoms with Crippen LogP contribution in [0.25, 0.3) is 0 Å². The van der Waals surface area contributed by atoms with E-state index in [0.29, 0.717) is 11.9 Å². The van der Waals surface area contributed by atoms with Crippen molar-refractivity contribution in [3.05, 3.63) is 29.8 Å². The Labute approximate surface area is 158 Å². The van der Waals surface area contributed by atoms with Crippen molar-refractivity contribution >= 4 is 35.6 Å². The van der Waals surface area contributed by atoms with Crippen LogP contribution in [0.5, 0.6) is 0 Å². The van der Waals surface area contributed by atoms with Crippen LogP contribution in [-0.4, -0.2) is 37.0 Å². The standard InChI is InChI=1S/C18H32N4.HI/c1-5-15(4)16-9-11-17(12-10-16)21-18(19)20-13-8-14-22(6-2)7-3;/h9-12,15H,5-8,13-14H2,1-4H3,(H3,19,20,21);1H. The molecule has 0 saturated heterocycles. The SMILES string of the molecule is CCC(C)c1ccc(NC(N)=NCCCN(CC)CC)cc1.I. The summed E-state index contributed by atoms with van der Waals surface area (Å²) >= 11 is 0. The molecular formula is C18H33IN4. The zero-order valence-corrected chi connectivity index (χ0v) is 17.3. The van der Waals surface area contributed by atoms with E-state index in [9.17, 15) is 0 Å².